The lowest BCUT2D eigenvalue weighted by Crippen LogP contribution is -2.21. The molecule has 0 radical (unpaired) electrons. The zero-order chi connectivity index (χ0) is 27.8. The number of hydrogen-bond donors (Lipinski definition) is 0. The van der Waals surface area contributed by atoms with E-state index in [1.54, 1.807) is 0 Å². The number of benzene rings is 3. The molecule has 0 aliphatic heterocycles. The summed E-state index contributed by atoms with van der Waals surface area (Å²) < 4.78 is 6.46. The second-order valence-corrected chi connectivity index (χ2v) is 12.1. The van der Waals surface area contributed by atoms with Crippen molar-refractivity contribution < 1.29 is 4.74 Å². The van der Waals surface area contributed by atoms with Crippen molar-refractivity contribution in [1.29, 1.82) is 0 Å². The predicted octanol–water partition coefficient (Wildman–Crippen LogP) is 11.4. The molecule has 0 saturated heterocycles. The monoisotopic (exact) mass is 524 g/mol. The number of aryl methyl sites for hydroxylation is 2. The van der Waals surface area contributed by atoms with Crippen LogP contribution in [0.1, 0.15) is 116 Å². The van der Waals surface area contributed by atoms with Gasteiger partial charge in [0, 0.05) is 0 Å². The average Bonchev–Trinajstić information content (AvgIpc) is 3.00. The summed E-state index contributed by atoms with van der Waals surface area (Å²) in [6.07, 6.45) is 12.2. The fourth-order valence-corrected chi connectivity index (χ4v) is 6.68. The molecule has 1 aliphatic rings. The van der Waals surface area contributed by atoms with Gasteiger partial charge in [0.05, 0.1) is 6.61 Å². The van der Waals surface area contributed by atoms with Crippen molar-refractivity contribution >= 4 is 0 Å². The lowest BCUT2D eigenvalue weighted by Gasteiger charge is -2.30. The second-order valence-electron chi connectivity index (χ2n) is 12.1. The van der Waals surface area contributed by atoms with Crippen LogP contribution in [-0.4, -0.2) is 6.61 Å². The van der Waals surface area contributed by atoms with E-state index in [1.807, 2.05) is 0 Å². The van der Waals surface area contributed by atoms with Crippen molar-refractivity contribution in [1.82, 2.24) is 0 Å². The Labute approximate surface area is 239 Å². The Kier molecular flexibility index (Phi) is 10.3. The van der Waals surface area contributed by atoms with Crippen LogP contribution in [0, 0.1) is 11.3 Å². The van der Waals surface area contributed by atoms with Crippen LogP contribution in [0.3, 0.4) is 0 Å². The van der Waals surface area contributed by atoms with Gasteiger partial charge in [0.15, 0.2) is 0 Å². The maximum atomic E-state index is 6.46. The van der Waals surface area contributed by atoms with E-state index in [1.165, 1.54) is 83.9 Å². The first-order valence-corrected chi connectivity index (χ1v) is 15.9. The summed E-state index contributed by atoms with van der Waals surface area (Å²) in [5, 5.41) is 0. The molecular weight excluding hydrogens is 472 g/mol. The molecule has 1 heteroatoms. The normalized spacial score (nSPS) is 17.8. The minimum Gasteiger partial charge on any atom is -0.493 e. The summed E-state index contributed by atoms with van der Waals surface area (Å²) in [4.78, 5) is 0. The molecule has 210 valence electrons. The second kappa shape index (κ2) is 13.7. The fraction of sp³-hybridized carbons (Fsp3) is 0.526. The third-order valence-corrected chi connectivity index (χ3v) is 10.1. The minimum absolute atomic E-state index is 0.413. The Balaban J connectivity index is 1.49. The molecule has 0 spiro atoms. The van der Waals surface area contributed by atoms with E-state index in [0.29, 0.717) is 5.41 Å². The highest BCUT2D eigenvalue weighted by atomic mass is 16.5. The standard InChI is InChI=1S/C38H52O/c1-7-29-27-37(39-25-24-38(9-3,10-4)11-5)30(8-2)26-36(29)35-22-20-34(21-23-35)33-18-16-32(17-19-33)31-14-12-28(6)13-15-31/h16-23,26-28,31H,7-15,24-25H2,1-6H3. The molecule has 0 unspecified atom stereocenters. The summed E-state index contributed by atoms with van der Waals surface area (Å²) in [5.41, 5.74) is 9.87. The molecule has 4 rings (SSSR count). The lowest BCUT2D eigenvalue weighted by atomic mass is 9.77. The minimum atomic E-state index is 0.413. The van der Waals surface area contributed by atoms with Crippen LogP contribution in [0.5, 0.6) is 5.75 Å². The zero-order valence-corrected chi connectivity index (χ0v) is 25.6. The van der Waals surface area contributed by atoms with Crippen molar-refractivity contribution in [2.45, 2.75) is 112 Å². The van der Waals surface area contributed by atoms with Crippen molar-refractivity contribution in [3.63, 3.8) is 0 Å². The van der Waals surface area contributed by atoms with E-state index in [0.717, 1.165) is 43.5 Å². The SMILES string of the molecule is CCc1cc(-c2ccc(-c3ccc(C4CCC(C)CC4)cc3)cc2)c(CC)cc1OCCC(CC)(CC)CC. The molecule has 1 fully saturated rings. The Morgan fingerprint density at radius 2 is 1.21 bits per heavy atom. The summed E-state index contributed by atoms with van der Waals surface area (Å²) >= 11 is 0. The van der Waals surface area contributed by atoms with E-state index in [4.69, 9.17) is 4.74 Å². The van der Waals surface area contributed by atoms with Crippen LogP contribution >= 0.6 is 0 Å². The van der Waals surface area contributed by atoms with Crippen LogP contribution in [0.15, 0.2) is 60.7 Å². The third-order valence-electron chi connectivity index (χ3n) is 10.1. The van der Waals surface area contributed by atoms with Crippen molar-refractivity contribution in [2.24, 2.45) is 11.3 Å². The number of hydrogen-bond acceptors (Lipinski definition) is 1. The van der Waals surface area contributed by atoms with Crippen molar-refractivity contribution in [3.05, 3.63) is 77.4 Å². The van der Waals surface area contributed by atoms with E-state index in [-0.39, 0.29) is 0 Å². The van der Waals surface area contributed by atoms with E-state index in [2.05, 4.69) is 102 Å². The summed E-state index contributed by atoms with van der Waals surface area (Å²) in [6, 6.07) is 23.3. The molecule has 0 aromatic heterocycles. The summed E-state index contributed by atoms with van der Waals surface area (Å²) in [7, 11) is 0. The van der Waals surface area contributed by atoms with Gasteiger partial charge in [-0.2, -0.15) is 0 Å². The van der Waals surface area contributed by atoms with Crippen LogP contribution in [0.25, 0.3) is 22.3 Å². The molecule has 1 nitrogen and oxygen atoms in total. The third kappa shape index (κ3) is 6.97. The molecule has 0 heterocycles. The van der Waals surface area contributed by atoms with Crippen molar-refractivity contribution in [2.75, 3.05) is 6.61 Å². The van der Waals surface area contributed by atoms with Gasteiger partial charge < -0.3 is 4.74 Å². The largest absolute Gasteiger partial charge is 0.493 e. The highest BCUT2D eigenvalue weighted by Gasteiger charge is 2.24. The van der Waals surface area contributed by atoms with E-state index < -0.39 is 0 Å². The Morgan fingerprint density at radius 1 is 0.667 bits per heavy atom. The molecule has 3 aromatic rings. The number of rotatable bonds is 12. The first-order valence-electron chi connectivity index (χ1n) is 15.9. The first-order chi connectivity index (χ1) is 19.0. The van der Waals surface area contributed by atoms with Crippen LogP contribution in [0.2, 0.25) is 0 Å². The molecule has 0 N–H and O–H groups in total. The quantitative estimate of drug-likeness (QED) is 0.229. The van der Waals surface area contributed by atoms with Gasteiger partial charge in [-0.1, -0.05) is 122 Å². The van der Waals surface area contributed by atoms with E-state index in [9.17, 15) is 0 Å². The first kappa shape index (κ1) is 29.4. The zero-order valence-electron chi connectivity index (χ0n) is 25.6. The lowest BCUT2D eigenvalue weighted by molar-refractivity contribution is 0.173. The van der Waals surface area contributed by atoms with Gasteiger partial charge >= 0.3 is 0 Å². The molecule has 39 heavy (non-hydrogen) atoms. The van der Waals surface area contributed by atoms with Gasteiger partial charge in [0.25, 0.3) is 0 Å². The van der Waals surface area contributed by atoms with Gasteiger partial charge in [0.1, 0.15) is 5.75 Å². The van der Waals surface area contributed by atoms with Crippen LogP contribution < -0.4 is 4.74 Å². The molecule has 0 amide bonds. The fourth-order valence-electron chi connectivity index (χ4n) is 6.68. The highest BCUT2D eigenvalue weighted by Crippen LogP contribution is 2.38. The van der Waals surface area contributed by atoms with Gasteiger partial charge in [-0.25, -0.2) is 0 Å². The smallest absolute Gasteiger partial charge is 0.122 e. The van der Waals surface area contributed by atoms with Gasteiger partial charge in [-0.05, 0) is 100 Å². The Hall–Kier alpha value is -2.54. The van der Waals surface area contributed by atoms with Gasteiger partial charge in [-0.3, -0.25) is 0 Å². The van der Waals surface area contributed by atoms with Crippen molar-refractivity contribution in [3.8, 4) is 28.0 Å². The number of ether oxygens (including phenoxy) is 1. The molecule has 1 aliphatic carbocycles. The summed E-state index contributed by atoms with van der Waals surface area (Å²) in [6.45, 7) is 14.7. The molecule has 0 bridgehead atoms. The van der Waals surface area contributed by atoms with Gasteiger partial charge in [0.2, 0.25) is 0 Å². The average molecular weight is 525 g/mol. The van der Waals surface area contributed by atoms with Crippen LogP contribution in [0.4, 0.5) is 0 Å². The highest BCUT2D eigenvalue weighted by molar-refractivity contribution is 5.74. The Bertz CT molecular complexity index is 1150. The molecule has 1 saturated carbocycles. The molecule has 0 atom stereocenters. The maximum Gasteiger partial charge on any atom is 0.122 e. The molecule has 3 aromatic carbocycles. The van der Waals surface area contributed by atoms with E-state index >= 15 is 0 Å². The topological polar surface area (TPSA) is 9.23 Å². The van der Waals surface area contributed by atoms with Gasteiger partial charge in [-0.15, -0.1) is 0 Å². The maximum absolute atomic E-state index is 6.46. The molecular formula is C38H52O. The van der Waals surface area contributed by atoms with Crippen LogP contribution in [-0.2, 0) is 12.8 Å². The summed E-state index contributed by atoms with van der Waals surface area (Å²) in [5.74, 6) is 2.73. The Morgan fingerprint density at radius 3 is 1.74 bits per heavy atom. The predicted molar refractivity (Wildman–Crippen MR) is 170 cm³/mol.